The second-order valence-corrected chi connectivity index (χ2v) is 2.42. The normalized spacial score (nSPS) is 10.2. The van der Waals surface area contributed by atoms with E-state index in [1.165, 1.54) is 13.2 Å². The number of ether oxygens (including phenoxy) is 1. The van der Waals surface area contributed by atoms with Gasteiger partial charge in [0.15, 0.2) is 11.6 Å². The number of halogens is 2. The Balaban J connectivity index is 3.13. The van der Waals surface area contributed by atoms with Gasteiger partial charge >= 0.3 is 0 Å². The van der Waals surface area contributed by atoms with E-state index in [-0.39, 0.29) is 17.9 Å². The van der Waals surface area contributed by atoms with Gasteiger partial charge in [-0.1, -0.05) is 0 Å². The van der Waals surface area contributed by atoms with Crippen molar-refractivity contribution in [2.75, 3.05) is 7.11 Å². The summed E-state index contributed by atoms with van der Waals surface area (Å²) < 4.78 is 30.9. The largest absolute Gasteiger partial charge is 0.494 e. The zero-order valence-electron chi connectivity index (χ0n) is 7.10. The maximum Gasteiger partial charge on any atom is 0.172 e. The van der Waals surface area contributed by atoms with E-state index in [4.69, 9.17) is 5.84 Å². The summed E-state index contributed by atoms with van der Waals surface area (Å²) >= 11 is 0. The molecule has 3 N–H and O–H groups in total. The van der Waals surface area contributed by atoms with E-state index in [1.807, 2.05) is 0 Å². The van der Waals surface area contributed by atoms with Gasteiger partial charge in [-0.25, -0.2) is 8.78 Å². The first-order valence-corrected chi connectivity index (χ1v) is 3.65. The van der Waals surface area contributed by atoms with E-state index in [1.54, 1.807) is 0 Å². The monoisotopic (exact) mass is 188 g/mol. The van der Waals surface area contributed by atoms with Crippen LogP contribution < -0.4 is 16.0 Å². The van der Waals surface area contributed by atoms with Gasteiger partial charge in [0.1, 0.15) is 5.82 Å². The summed E-state index contributed by atoms with van der Waals surface area (Å²) in [6.07, 6.45) is 0. The zero-order chi connectivity index (χ0) is 9.84. The van der Waals surface area contributed by atoms with Crippen molar-refractivity contribution in [1.29, 1.82) is 0 Å². The third-order valence-corrected chi connectivity index (χ3v) is 1.65. The summed E-state index contributed by atoms with van der Waals surface area (Å²) in [6.45, 7) is -0.0745. The fraction of sp³-hybridized carbons (Fsp3) is 0.250. The van der Waals surface area contributed by atoms with Crippen molar-refractivity contribution in [3.05, 3.63) is 29.3 Å². The molecule has 0 saturated carbocycles. The molecule has 0 amide bonds. The Morgan fingerprint density at radius 3 is 2.69 bits per heavy atom. The van der Waals surface area contributed by atoms with Crippen molar-refractivity contribution in [2.24, 2.45) is 5.84 Å². The highest BCUT2D eigenvalue weighted by Crippen LogP contribution is 2.22. The minimum atomic E-state index is -0.722. The van der Waals surface area contributed by atoms with Crippen molar-refractivity contribution in [3.8, 4) is 5.75 Å². The Bertz CT molecular complexity index is 304. The third kappa shape index (κ3) is 1.93. The Kier molecular flexibility index (Phi) is 3.16. The molecule has 13 heavy (non-hydrogen) atoms. The number of nitrogens with one attached hydrogen (secondary N) is 1. The van der Waals surface area contributed by atoms with Crippen LogP contribution in [0.4, 0.5) is 8.78 Å². The smallest absolute Gasteiger partial charge is 0.172 e. The van der Waals surface area contributed by atoms with E-state index in [0.29, 0.717) is 0 Å². The molecule has 3 nitrogen and oxygen atoms in total. The maximum absolute atomic E-state index is 13.3. The Labute approximate surface area is 74.5 Å². The highest BCUT2D eigenvalue weighted by molar-refractivity contribution is 5.32. The SMILES string of the molecule is COc1ccc(F)c(CNN)c1F. The first-order chi connectivity index (χ1) is 6.20. The maximum atomic E-state index is 13.3. The Morgan fingerprint density at radius 1 is 1.46 bits per heavy atom. The molecule has 0 aliphatic heterocycles. The number of methoxy groups -OCH3 is 1. The van der Waals surface area contributed by atoms with Crippen LogP contribution in [0.25, 0.3) is 0 Å². The molecule has 5 heteroatoms. The number of hydrazine groups is 1. The zero-order valence-corrected chi connectivity index (χ0v) is 7.10. The van der Waals surface area contributed by atoms with Crippen LogP contribution in [-0.4, -0.2) is 7.11 Å². The Hall–Kier alpha value is -1.20. The quantitative estimate of drug-likeness (QED) is 0.548. The van der Waals surface area contributed by atoms with Crippen LogP contribution in [0.3, 0.4) is 0 Å². The molecule has 0 atom stereocenters. The highest BCUT2D eigenvalue weighted by atomic mass is 19.1. The van der Waals surface area contributed by atoms with E-state index < -0.39 is 11.6 Å². The van der Waals surface area contributed by atoms with Crippen LogP contribution in [0.2, 0.25) is 0 Å². The molecule has 0 aliphatic rings. The van der Waals surface area contributed by atoms with Crippen molar-refractivity contribution in [2.45, 2.75) is 6.54 Å². The highest BCUT2D eigenvalue weighted by Gasteiger charge is 2.12. The summed E-state index contributed by atoms with van der Waals surface area (Å²) in [5.74, 6) is 3.61. The molecule has 1 rings (SSSR count). The lowest BCUT2D eigenvalue weighted by molar-refractivity contribution is 0.379. The summed E-state index contributed by atoms with van der Waals surface area (Å²) in [6, 6.07) is 2.36. The molecular weight excluding hydrogens is 178 g/mol. The number of hydrogen-bond donors (Lipinski definition) is 2. The average molecular weight is 188 g/mol. The van der Waals surface area contributed by atoms with Crippen LogP contribution in [0.5, 0.6) is 5.75 Å². The minimum Gasteiger partial charge on any atom is -0.494 e. The molecule has 0 heterocycles. The summed E-state index contributed by atoms with van der Waals surface area (Å²) in [4.78, 5) is 0. The van der Waals surface area contributed by atoms with Crippen molar-refractivity contribution >= 4 is 0 Å². The molecule has 0 radical (unpaired) electrons. The lowest BCUT2D eigenvalue weighted by atomic mass is 10.2. The second kappa shape index (κ2) is 4.15. The van der Waals surface area contributed by atoms with E-state index >= 15 is 0 Å². The molecule has 0 saturated heterocycles. The van der Waals surface area contributed by atoms with E-state index in [2.05, 4.69) is 10.2 Å². The van der Waals surface area contributed by atoms with E-state index in [0.717, 1.165) is 6.07 Å². The predicted molar refractivity (Wildman–Crippen MR) is 43.9 cm³/mol. The Morgan fingerprint density at radius 2 is 2.15 bits per heavy atom. The number of benzene rings is 1. The summed E-state index contributed by atoms with van der Waals surface area (Å²) in [5.41, 5.74) is 2.06. The number of nitrogens with two attached hydrogens (primary N) is 1. The molecule has 0 fully saturated rings. The van der Waals surface area contributed by atoms with Crippen molar-refractivity contribution < 1.29 is 13.5 Å². The lowest BCUT2D eigenvalue weighted by Gasteiger charge is -2.07. The van der Waals surface area contributed by atoms with Crippen LogP contribution >= 0.6 is 0 Å². The molecule has 0 unspecified atom stereocenters. The van der Waals surface area contributed by atoms with Gasteiger partial charge in [-0.2, -0.15) is 0 Å². The van der Waals surface area contributed by atoms with Gasteiger partial charge in [-0.15, -0.1) is 0 Å². The first-order valence-electron chi connectivity index (χ1n) is 3.65. The van der Waals surface area contributed by atoms with Gasteiger partial charge in [0.2, 0.25) is 0 Å². The lowest BCUT2D eigenvalue weighted by Crippen LogP contribution is -2.22. The first kappa shape index (κ1) is 9.88. The molecule has 0 aliphatic carbocycles. The molecule has 0 aromatic heterocycles. The van der Waals surface area contributed by atoms with E-state index in [9.17, 15) is 8.78 Å². The number of rotatable bonds is 3. The van der Waals surface area contributed by atoms with Gasteiger partial charge in [-0.3, -0.25) is 11.3 Å². The van der Waals surface area contributed by atoms with Gasteiger partial charge in [0, 0.05) is 12.1 Å². The summed E-state index contributed by atoms with van der Waals surface area (Å²) in [5, 5.41) is 0. The van der Waals surface area contributed by atoms with Gasteiger partial charge in [0.05, 0.1) is 7.11 Å². The van der Waals surface area contributed by atoms with Gasteiger partial charge in [-0.05, 0) is 12.1 Å². The van der Waals surface area contributed by atoms with Gasteiger partial charge in [0.25, 0.3) is 0 Å². The fourth-order valence-corrected chi connectivity index (χ4v) is 0.998. The average Bonchev–Trinajstić information content (AvgIpc) is 2.12. The van der Waals surface area contributed by atoms with Crippen LogP contribution in [0, 0.1) is 11.6 Å². The number of hydrogen-bond acceptors (Lipinski definition) is 3. The third-order valence-electron chi connectivity index (χ3n) is 1.65. The standard InChI is InChI=1S/C8H10F2N2O/c1-13-7-3-2-6(9)5(4-12-11)8(7)10/h2-3,12H,4,11H2,1H3. The molecule has 72 valence electrons. The van der Waals surface area contributed by atoms with Gasteiger partial charge < -0.3 is 4.74 Å². The molecule has 1 aromatic rings. The topological polar surface area (TPSA) is 47.3 Å². The molecule has 0 bridgehead atoms. The second-order valence-electron chi connectivity index (χ2n) is 2.42. The van der Waals surface area contributed by atoms with Crippen molar-refractivity contribution in [1.82, 2.24) is 5.43 Å². The fourth-order valence-electron chi connectivity index (χ4n) is 0.998. The van der Waals surface area contributed by atoms with Crippen molar-refractivity contribution in [3.63, 3.8) is 0 Å². The molecular formula is C8H10F2N2O. The summed E-state index contributed by atoms with van der Waals surface area (Å²) in [7, 11) is 1.32. The van der Waals surface area contributed by atoms with Crippen LogP contribution in [0.15, 0.2) is 12.1 Å². The van der Waals surface area contributed by atoms with Crippen LogP contribution in [0.1, 0.15) is 5.56 Å². The molecule has 1 aromatic carbocycles. The minimum absolute atomic E-state index is 0.00616. The molecule has 0 spiro atoms. The predicted octanol–water partition coefficient (Wildman–Crippen LogP) is 0.937. The van der Waals surface area contributed by atoms with Crippen LogP contribution in [-0.2, 0) is 6.54 Å².